The summed E-state index contributed by atoms with van der Waals surface area (Å²) in [6.45, 7) is 0. The molecule has 0 saturated heterocycles. The Labute approximate surface area is 730 Å². The van der Waals surface area contributed by atoms with E-state index in [0.29, 0.717) is 0 Å². The second kappa shape index (κ2) is 29.7. The lowest BCUT2D eigenvalue weighted by Crippen LogP contribution is -2.03. The Balaban J connectivity index is 0.000000137. The molecule has 126 heavy (non-hydrogen) atoms. The van der Waals surface area contributed by atoms with E-state index in [1.54, 1.807) is 0 Å². The van der Waals surface area contributed by atoms with Crippen LogP contribution >= 0.6 is 0 Å². The van der Waals surface area contributed by atoms with Gasteiger partial charge in [-0.3, -0.25) is 0 Å². The first-order chi connectivity index (χ1) is 62.5. The van der Waals surface area contributed by atoms with Crippen molar-refractivity contribution in [2.45, 2.75) is 11.8 Å². The normalized spacial score (nSPS) is 13.2. The van der Waals surface area contributed by atoms with Gasteiger partial charge in [-0.2, -0.15) is 0 Å². The second-order valence-electron chi connectivity index (χ2n) is 33.7. The van der Waals surface area contributed by atoms with Crippen LogP contribution in [-0.2, 0) is 0 Å². The van der Waals surface area contributed by atoms with Gasteiger partial charge in [0.15, 0.2) is 0 Å². The Morgan fingerprint density at radius 2 is 0.476 bits per heavy atom. The highest BCUT2D eigenvalue weighted by Gasteiger charge is 2.40. The highest BCUT2D eigenvalue weighted by molar-refractivity contribution is 6.24. The molecule has 24 aromatic rings. The van der Waals surface area contributed by atoms with Gasteiger partial charge in [-0.15, -0.1) is 0 Å². The summed E-state index contributed by atoms with van der Waals surface area (Å²) < 4.78 is 9.80. The van der Waals surface area contributed by atoms with Crippen LogP contribution in [0.1, 0.15) is 45.2 Å². The minimum absolute atomic E-state index is 0.0809. The third-order valence-electron chi connectivity index (χ3n) is 26.8. The van der Waals surface area contributed by atoms with Gasteiger partial charge in [0, 0.05) is 77.7 Å². The molecule has 4 heterocycles. The van der Waals surface area contributed by atoms with Gasteiger partial charge in [0.25, 0.3) is 0 Å². The van der Waals surface area contributed by atoms with Crippen LogP contribution in [0.2, 0.25) is 0 Å². The van der Waals surface area contributed by atoms with E-state index < -0.39 is 0 Å². The van der Waals surface area contributed by atoms with Crippen molar-refractivity contribution in [2.24, 2.45) is 0 Å². The Bertz CT molecular complexity index is 8440. The largest absolute Gasteiger partial charge is 0.309 e. The minimum atomic E-state index is 0.0809. The first kappa shape index (κ1) is 72.4. The predicted octanol–water partition coefficient (Wildman–Crippen LogP) is 32.1. The summed E-state index contributed by atoms with van der Waals surface area (Å²) in [7, 11) is 0. The highest BCUT2D eigenvalue weighted by atomic mass is 15.0. The lowest BCUT2D eigenvalue weighted by molar-refractivity contribution is 0.995. The predicted molar refractivity (Wildman–Crippen MR) is 529 cm³/mol. The second-order valence-corrected chi connectivity index (χ2v) is 33.7. The van der Waals surface area contributed by atoms with Crippen molar-refractivity contribution >= 4 is 87.2 Å². The Morgan fingerprint density at radius 1 is 0.151 bits per heavy atom. The fourth-order valence-corrected chi connectivity index (χ4v) is 21.2. The van der Waals surface area contributed by atoms with Crippen LogP contribution in [0.3, 0.4) is 0 Å². The topological polar surface area (TPSA) is 19.7 Å². The molecule has 0 spiro atoms. The smallest absolute Gasteiger partial charge is 0.0788 e. The summed E-state index contributed by atoms with van der Waals surface area (Å²) in [6, 6.07) is 174. The molecule has 0 bridgehead atoms. The molecule has 0 saturated carbocycles. The number of hydrogen-bond donors (Lipinski definition) is 0. The fraction of sp³-hybridized carbons (Fsp3) is 0.0164. The fourth-order valence-electron chi connectivity index (χ4n) is 21.2. The van der Waals surface area contributed by atoms with Gasteiger partial charge >= 0.3 is 0 Å². The van der Waals surface area contributed by atoms with E-state index in [4.69, 9.17) is 0 Å². The molecule has 4 aromatic heterocycles. The third kappa shape index (κ3) is 11.8. The van der Waals surface area contributed by atoms with Gasteiger partial charge in [0.1, 0.15) is 0 Å². The first-order valence-corrected chi connectivity index (χ1v) is 43.7. The van der Waals surface area contributed by atoms with Crippen LogP contribution in [-0.4, -0.2) is 18.3 Å². The van der Waals surface area contributed by atoms with Gasteiger partial charge < -0.3 is 18.3 Å². The maximum Gasteiger partial charge on any atom is 0.0788 e. The molecule has 0 amide bonds. The molecule has 20 aromatic carbocycles. The Kier molecular flexibility index (Phi) is 17.1. The van der Waals surface area contributed by atoms with Crippen molar-refractivity contribution in [3.8, 4) is 112 Å². The van der Waals surface area contributed by atoms with Crippen molar-refractivity contribution in [3.63, 3.8) is 0 Å². The SMILES string of the molecule is c1ccc(-c2cccc(-n3c4ccccc4c4cc(-c5ccc6c(c5)c5ccc7c8ccccc8n(-c8ccccc8)c7c5n6-c5cccc(-c6ccccc6)c5)ccc43)c2)cc1.c1ccc(-c2cccc(C3c4ccc(-c5ccc6c(c5)c5ccccc5n6-c5cccc(-c6ccccc6)c5)cc4-c4ccc5c(c43)-c3ccccc3C5c3ccccc3)c2)cc1. The Morgan fingerprint density at radius 3 is 0.992 bits per heavy atom. The summed E-state index contributed by atoms with van der Waals surface area (Å²) in [5, 5.41) is 9.92. The van der Waals surface area contributed by atoms with Crippen LogP contribution in [0.25, 0.3) is 199 Å². The summed E-state index contributed by atoms with van der Waals surface area (Å²) >= 11 is 0. The summed E-state index contributed by atoms with van der Waals surface area (Å²) in [4.78, 5) is 0. The van der Waals surface area contributed by atoms with E-state index in [-0.39, 0.29) is 11.8 Å². The third-order valence-corrected chi connectivity index (χ3v) is 26.8. The van der Waals surface area contributed by atoms with E-state index in [1.165, 1.54) is 210 Å². The van der Waals surface area contributed by atoms with Crippen LogP contribution in [0.4, 0.5) is 0 Å². The van der Waals surface area contributed by atoms with E-state index in [1.807, 2.05) is 0 Å². The van der Waals surface area contributed by atoms with Gasteiger partial charge in [-0.1, -0.05) is 364 Å². The molecule has 0 fully saturated rings. The number of para-hydroxylation sites is 4. The van der Waals surface area contributed by atoms with E-state index in [2.05, 4.69) is 491 Å². The molecule has 0 aliphatic heterocycles. The molecule has 26 rings (SSSR count). The molecule has 588 valence electrons. The highest BCUT2D eigenvalue weighted by Crippen LogP contribution is 2.59. The molecule has 0 N–H and O–H groups in total. The lowest BCUT2D eigenvalue weighted by atomic mass is 9.83. The van der Waals surface area contributed by atoms with Crippen molar-refractivity contribution in [2.75, 3.05) is 0 Å². The van der Waals surface area contributed by atoms with Gasteiger partial charge in [0.2, 0.25) is 0 Å². The number of nitrogens with zero attached hydrogens (tertiary/aromatic N) is 4. The van der Waals surface area contributed by atoms with E-state index >= 15 is 0 Å². The molecule has 4 nitrogen and oxygen atoms in total. The maximum atomic E-state index is 2.50. The van der Waals surface area contributed by atoms with Gasteiger partial charge in [-0.25, -0.2) is 0 Å². The van der Waals surface area contributed by atoms with Crippen molar-refractivity contribution in [1.29, 1.82) is 0 Å². The summed E-state index contributed by atoms with van der Waals surface area (Å²) in [6.07, 6.45) is 0. The van der Waals surface area contributed by atoms with Crippen molar-refractivity contribution in [3.05, 3.63) is 507 Å². The zero-order chi connectivity index (χ0) is 82.9. The molecule has 2 atom stereocenters. The summed E-state index contributed by atoms with van der Waals surface area (Å²) in [5.41, 5.74) is 42.4. The van der Waals surface area contributed by atoms with Gasteiger partial charge in [0.05, 0.1) is 44.1 Å². The van der Waals surface area contributed by atoms with Crippen LogP contribution in [0, 0.1) is 0 Å². The average Bonchev–Trinajstić information content (AvgIpc) is 1.54. The standard InChI is InChI=1S/C62H41N.C60H39N3/c1-4-16-40(17-5-1)43-22-14-24-47(36-43)60-52-32-30-45(38-55(52)53-33-34-54-59(42-20-8-3-9-21-42)50-27-10-11-28-51(50)61(54)62(53)60)46-31-35-58-56(39-46)49-26-12-13-29-57(49)63(58)48-25-15-23-44(37-48)41-18-6-2-7-19-41;1-4-16-40(17-5-1)42-20-14-24-47(36-42)61-55-28-12-11-27-50(55)53-38-44(30-34-57(53)61)45-31-35-58-54(39-45)52-33-32-51-49-26-10-13-29-56(49)62(46-22-8-3-9-23-46)59(51)60(52)63(58)48-25-15-21-43(37-48)41-18-6-2-7-19-41/h1-39,59-60H;1-39H. The maximum absolute atomic E-state index is 2.50. The van der Waals surface area contributed by atoms with Crippen molar-refractivity contribution in [1.82, 2.24) is 18.3 Å². The summed E-state index contributed by atoms with van der Waals surface area (Å²) in [5.74, 6) is 0.269. The molecular formula is C122H80N4. The zero-order valence-electron chi connectivity index (χ0n) is 69.0. The quantitative estimate of drug-likeness (QED) is 0.116. The van der Waals surface area contributed by atoms with Crippen molar-refractivity contribution < 1.29 is 0 Å². The number of benzene rings is 20. The lowest BCUT2D eigenvalue weighted by Gasteiger charge is -2.20. The van der Waals surface area contributed by atoms with Crippen LogP contribution in [0.15, 0.2) is 473 Å². The molecule has 4 heteroatoms. The molecule has 0 radical (unpaired) electrons. The molecule has 2 aliphatic carbocycles. The number of fused-ring (bicyclic) bond motifs is 20. The Hall–Kier alpha value is -16.4. The monoisotopic (exact) mass is 1600 g/mol. The molecule has 2 unspecified atom stereocenters. The number of aromatic nitrogens is 4. The van der Waals surface area contributed by atoms with Crippen LogP contribution < -0.4 is 0 Å². The zero-order valence-corrected chi connectivity index (χ0v) is 69.0. The first-order valence-electron chi connectivity index (χ1n) is 43.7. The number of rotatable bonds is 12. The average molecular weight is 1600 g/mol. The van der Waals surface area contributed by atoms with E-state index in [0.717, 1.165) is 22.7 Å². The molecular weight excluding hydrogens is 1520 g/mol. The van der Waals surface area contributed by atoms with E-state index in [9.17, 15) is 0 Å². The van der Waals surface area contributed by atoms with Crippen LogP contribution in [0.5, 0.6) is 0 Å². The minimum Gasteiger partial charge on any atom is -0.309 e. The number of hydrogen-bond acceptors (Lipinski definition) is 0. The molecule has 2 aliphatic rings. The van der Waals surface area contributed by atoms with Gasteiger partial charge in [-0.05, 0) is 232 Å².